The fraction of sp³-hybridized carbons (Fsp3) is 0.200. The molecule has 0 bridgehead atoms. The molecule has 1 heterocycles. The molecule has 1 rings (SSSR count). The number of rotatable bonds is 1. The number of carboxylic acid groups (broad SMARTS) is 1. The predicted molar refractivity (Wildman–Crippen MR) is 40.4 cm³/mol. The second kappa shape index (κ2) is 2.75. The highest BCUT2D eigenvalue weighted by molar-refractivity contribution is 7.80. The number of carboxylic acids is 1. The summed E-state index contributed by atoms with van der Waals surface area (Å²) in [6.07, 6.45) is 1.02. The summed E-state index contributed by atoms with van der Waals surface area (Å²) in [6, 6.07) is 0. The smallest absolute Gasteiger partial charge is 0.321 e. The van der Waals surface area contributed by atoms with Crippen LogP contribution >= 0.6 is 12.2 Å². The van der Waals surface area contributed by atoms with Gasteiger partial charge in [-0.25, -0.2) is 4.99 Å². The first-order valence-electron chi connectivity index (χ1n) is 2.73. The third kappa shape index (κ3) is 1.58. The monoisotopic (exact) mass is 172 g/mol. The van der Waals surface area contributed by atoms with Crippen LogP contribution in [0.2, 0.25) is 0 Å². The van der Waals surface area contributed by atoms with Gasteiger partial charge in [0.25, 0.3) is 0 Å². The van der Waals surface area contributed by atoms with Crippen molar-refractivity contribution in [3.05, 3.63) is 0 Å². The lowest BCUT2D eigenvalue weighted by Crippen LogP contribution is -2.42. The summed E-state index contributed by atoms with van der Waals surface area (Å²) in [5.74, 6) is -3.08. The van der Waals surface area contributed by atoms with Gasteiger partial charge >= 0.3 is 5.97 Å². The Balaban J connectivity index is 2.85. The van der Waals surface area contributed by atoms with E-state index < -0.39 is 17.8 Å². The number of hydrogen-bond donors (Lipinski definition) is 2. The van der Waals surface area contributed by atoms with Crippen molar-refractivity contribution in [2.75, 3.05) is 0 Å². The molecule has 0 spiro atoms. The molecule has 0 saturated carbocycles. The molecule has 1 atom stereocenters. The van der Waals surface area contributed by atoms with Crippen LogP contribution in [0.4, 0.5) is 0 Å². The minimum absolute atomic E-state index is 0.00694. The van der Waals surface area contributed by atoms with Crippen molar-refractivity contribution < 1.29 is 14.7 Å². The van der Waals surface area contributed by atoms with E-state index in [2.05, 4.69) is 22.5 Å². The molecule has 0 aromatic rings. The number of nitrogens with zero attached hydrogens (tertiary/aromatic N) is 1. The lowest BCUT2D eigenvalue weighted by atomic mass is 10.1. The van der Waals surface area contributed by atoms with Gasteiger partial charge in [-0.15, -0.1) is 0 Å². The van der Waals surface area contributed by atoms with E-state index in [4.69, 9.17) is 5.11 Å². The van der Waals surface area contributed by atoms with Gasteiger partial charge in [0.15, 0.2) is 11.0 Å². The average Bonchev–Trinajstić information content (AvgIpc) is 1.85. The standard InChI is InChI=1S/C5H4N2O3S/c8-3-2(4(9)10)1-6-5(11)7-3/h1-2H,(H,9,10)(H,7,8,11). The number of aliphatic carboxylic acids is 1. The molecule has 1 aliphatic rings. The fourth-order valence-corrected chi connectivity index (χ4v) is 0.763. The minimum Gasteiger partial charge on any atom is -0.480 e. The molecule has 0 fully saturated rings. The molecule has 1 aliphatic heterocycles. The van der Waals surface area contributed by atoms with E-state index in [1.165, 1.54) is 0 Å². The molecule has 0 aromatic heterocycles. The summed E-state index contributed by atoms with van der Waals surface area (Å²) in [4.78, 5) is 24.5. The highest BCUT2D eigenvalue weighted by Gasteiger charge is 2.27. The van der Waals surface area contributed by atoms with Crippen molar-refractivity contribution in [1.82, 2.24) is 5.32 Å². The Kier molecular flexibility index (Phi) is 1.95. The quantitative estimate of drug-likeness (QED) is 0.400. The second-order valence-corrected chi connectivity index (χ2v) is 2.28. The first-order valence-corrected chi connectivity index (χ1v) is 3.14. The van der Waals surface area contributed by atoms with Gasteiger partial charge in [-0.05, 0) is 12.2 Å². The molecule has 0 saturated heterocycles. The van der Waals surface area contributed by atoms with E-state index in [1.807, 2.05) is 0 Å². The summed E-state index contributed by atoms with van der Waals surface area (Å²) in [7, 11) is 0. The fourth-order valence-electron chi connectivity index (χ4n) is 0.601. The largest absolute Gasteiger partial charge is 0.480 e. The van der Waals surface area contributed by atoms with Gasteiger partial charge in [0.05, 0.1) is 0 Å². The van der Waals surface area contributed by atoms with Crippen molar-refractivity contribution in [3.8, 4) is 0 Å². The van der Waals surface area contributed by atoms with E-state index in [0.29, 0.717) is 0 Å². The molecule has 1 amide bonds. The van der Waals surface area contributed by atoms with Crippen LogP contribution in [-0.4, -0.2) is 28.3 Å². The third-order valence-electron chi connectivity index (χ3n) is 1.12. The minimum atomic E-state index is -1.23. The molecule has 0 aliphatic carbocycles. The third-order valence-corrected chi connectivity index (χ3v) is 1.33. The zero-order valence-electron chi connectivity index (χ0n) is 5.27. The number of amides is 1. The number of nitrogens with one attached hydrogen (secondary N) is 1. The normalized spacial score (nSPS) is 23.1. The van der Waals surface area contributed by atoms with Crippen LogP contribution in [0.5, 0.6) is 0 Å². The number of aliphatic imine (C=N–C) groups is 1. The van der Waals surface area contributed by atoms with Crippen molar-refractivity contribution >= 4 is 35.4 Å². The highest BCUT2D eigenvalue weighted by Crippen LogP contribution is 1.98. The summed E-state index contributed by atoms with van der Waals surface area (Å²) < 4.78 is 0. The van der Waals surface area contributed by atoms with E-state index in [-0.39, 0.29) is 5.11 Å². The van der Waals surface area contributed by atoms with E-state index >= 15 is 0 Å². The summed E-state index contributed by atoms with van der Waals surface area (Å²) in [6.45, 7) is 0. The van der Waals surface area contributed by atoms with Gasteiger partial charge in [-0.1, -0.05) is 0 Å². The zero-order chi connectivity index (χ0) is 8.43. The Labute approximate surface area is 67.1 Å². The Bertz CT molecular complexity index is 260. The van der Waals surface area contributed by atoms with Gasteiger partial charge < -0.3 is 10.4 Å². The van der Waals surface area contributed by atoms with Crippen LogP contribution in [0.25, 0.3) is 0 Å². The van der Waals surface area contributed by atoms with Crippen LogP contribution in [-0.2, 0) is 9.59 Å². The highest BCUT2D eigenvalue weighted by atomic mass is 32.1. The van der Waals surface area contributed by atoms with Gasteiger partial charge in [0, 0.05) is 6.21 Å². The van der Waals surface area contributed by atoms with Crippen molar-refractivity contribution in [2.24, 2.45) is 10.9 Å². The van der Waals surface area contributed by atoms with E-state index in [9.17, 15) is 9.59 Å². The molecule has 0 radical (unpaired) electrons. The van der Waals surface area contributed by atoms with Crippen LogP contribution < -0.4 is 5.32 Å². The van der Waals surface area contributed by atoms with Crippen LogP contribution in [0.1, 0.15) is 0 Å². The molecule has 5 nitrogen and oxygen atoms in total. The average molecular weight is 172 g/mol. The van der Waals surface area contributed by atoms with Crippen molar-refractivity contribution in [2.45, 2.75) is 0 Å². The Morgan fingerprint density at radius 3 is 2.91 bits per heavy atom. The maximum Gasteiger partial charge on any atom is 0.321 e. The number of carbonyl (C=O) groups is 2. The Morgan fingerprint density at radius 1 is 1.82 bits per heavy atom. The lowest BCUT2D eigenvalue weighted by molar-refractivity contribution is -0.143. The van der Waals surface area contributed by atoms with Gasteiger partial charge in [0.2, 0.25) is 5.91 Å². The molecule has 11 heavy (non-hydrogen) atoms. The molecule has 58 valence electrons. The molecule has 0 aromatic carbocycles. The molecule has 1 unspecified atom stereocenters. The maximum absolute atomic E-state index is 10.8. The number of carbonyl (C=O) groups excluding carboxylic acids is 1. The summed E-state index contributed by atoms with van der Waals surface area (Å²) in [5.41, 5.74) is 0. The van der Waals surface area contributed by atoms with E-state index in [1.54, 1.807) is 0 Å². The van der Waals surface area contributed by atoms with Crippen LogP contribution in [0, 0.1) is 5.92 Å². The summed E-state index contributed by atoms with van der Waals surface area (Å²) in [5, 5.41) is 10.5. The lowest BCUT2D eigenvalue weighted by Gasteiger charge is -2.11. The number of thiocarbonyl (C=S) groups is 1. The SMILES string of the molecule is O=C(O)C1C=NC(=S)NC1=O. The maximum atomic E-state index is 10.8. The summed E-state index contributed by atoms with van der Waals surface area (Å²) >= 11 is 4.50. The van der Waals surface area contributed by atoms with E-state index in [0.717, 1.165) is 6.21 Å². The van der Waals surface area contributed by atoms with Crippen LogP contribution in [0.15, 0.2) is 4.99 Å². The molecule has 2 N–H and O–H groups in total. The zero-order valence-corrected chi connectivity index (χ0v) is 6.09. The van der Waals surface area contributed by atoms with Crippen molar-refractivity contribution in [1.29, 1.82) is 0 Å². The topological polar surface area (TPSA) is 78.8 Å². The Morgan fingerprint density at radius 2 is 2.45 bits per heavy atom. The first kappa shape index (κ1) is 7.80. The van der Waals surface area contributed by atoms with Crippen LogP contribution in [0.3, 0.4) is 0 Å². The second-order valence-electron chi connectivity index (χ2n) is 1.89. The number of hydrogen-bond acceptors (Lipinski definition) is 3. The molecule has 6 heteroatoms. The predicted octanol–water partition coefficient (Wildman–Crippen LogP) is -0.827. The first-order chi connectivity index (χ1) is 5.11. The Hall–Kier alpha value is -1.30. The van der Waals surface area contributed by atoms with Crippen molar-refractivity contribution in [3.63, 3.8) is 0 Å². The van der Waals surface area contributed by atoms with Gasteiger partial charge in [-0.2, -0.15) is 0 Å². The van der Waals surface area contributed by atoms with Gasteiger partial charge in [-0.3, -0.25) is 9.59 Å². The molecular formula is C5H4N2O3S. The van der Waals surface area contributed by atoms with Gasteiger partial charge in [0.1, 0.15) is 0 Å². The molecular weight excluding hydrogens is 168 g/mol.